The minimum Gasteiger partial charge on any atom is -0.455 e. The number of sulfone groups is 1. The van der Waals surface area contributed by atoms with Gasteiger partial charge in [-0.1, -0.05) is 11.6 Å². The molecule has 3 aliphatic rings. The van der Waals surface area contributed by atoms with Crippen molar-refractivity contribution in [3.05, 3.63) is 46.8 Å². The number of nitrogens with zero attached hydrogens (tertiary/aromatic N) is 2. The van der Waals surface area contributed by atoms with Crippen LogP contribution in [-0.4, -0.2) is 36.1 Å². The maximum Gasteiger partial charge on any atom is 0.287 e. The third-order valence-corrected chi connectivity index (χ3v) is 6.38. The summed E-state index contributed by atoms with van der Waals surface area (Å²) in [5.41, 5.74) is 0.605. The lowest BCUT2D eigenvalue weighted by Gasteiger charge is -2.68. The van der Waals surface area contributed by atoms with Crippen molar-refractivity contribution < 1.29 is 22.0 Å². The van der Waals surface area contributed by atoms with E-state index in [0.717, 1.165) is 25.5 Å². The number of furan rings is 1. The molecule has 8 nitrogen and oxygen atoms in total. The molecule has 1 N–H and O–H groups in total. The summed E-state index contributed by atoms with van der Waals surface area (Å²) in [7, 11) is -3.22. The van der Waals surface area contributed by atoms with Gasteiger partial charge in [-0.2, -0.15) is 0 Å². The number of aromatic nitrogens is 2. The van der Waals surface area contributed by atoms with Crippen LogP contribution in [0.1, 0.15) is 41.5 Å². The van der Waals surface area contributed by atoms with Gasteiger partial charge in [-0.05, 0) is 37.5 Å². The molecule has 0 aromatic carbocycles. The first-order chi connectivity index (χ1) is 13.2. The normalized spacial score (nSPS) is 25.9. The molecule has 3 aromatic heterocycles. The Morgan fingerprint density at radius 1 is 1.29 bits per heavy atom. The van der Waals surface area contributed by atoms with Crippen molar-refractivity contribution in [1.82, 2.24) is 15.3 Å². The van der Waals surface area contributed by atoms with Gasteiger partial charge in [-0.25, -0.2) is 18.4 Å². The van der Waals surface area contributed by atoms with Crippen molar-refractivity contribution in [1.29, 1.82) is 0 Å². The molecule has 3 heterocycles. The minimum absolute atomic E-state index is 0.109. The van der Waals surface area contributed by atoms with Gasteiger partial charge in [0.2, 0.25) is 11.6 Å². The Balaban J connectivity index is 1.26. The van der Waals surface area contributed by atoms with Gasteiger partial charge in [-0.3, -0.25) is 4.79 Å². The van der Waals surface area contributed by atoms with E-state index >= 15 is 0 Å². The van der Waals surface area contributed by atoms with E-state index in [1.807, 2.05) is 0 Å². The highest BCUT2D eigenvalue weighted by molar-refractivity contribution is 7.89. The van der Waals surface area contributed by atoms with Gasteiger partial charge < -0.3 is 14.2 Å². The van der Waals surface area contributed by atoms with E-state index in [4.69, 9.17) is 20.4 Å². The van der Waals surface area contributed by atoms with E-state index in [0.29, 0.717) is 22.1 Å². The average molecular weight is 422 g/mol. The number of rotatable bonds is 5. The highest BCUT2D eigenvalue weighted by atomic mass is 35.5. The molecule has 0 saturated heterocycles. The van der Waals surface area contributed by atoms with E-state index in [1.165, 1.54) is 18.3 Å². The zero-order valence-corrected chi connectivity index (χ0v) is 16.4. The fourth-order valence-corrected chi connectivity index (χ4v) is 5.14. The summed E-state index contributed by atoms with van der Waals surface area (Å²) in [6.07, 6.45) is 4.81. The zero-order valence-electron chi connectivity index (χ0n) is 14.9. The summed E-state index contributed by atoms with van der Waals surface area (Å²) in [6, 6.07) is 4.72. The average Bonchev–Trinajstić information content (AvgIpc) is 3.13. The second kappa shape index (κ2) is 5.57. The summed E-state index contributed by atoms with van der Waals surface area (Å²) in [5.74, 6) is 0.406. The second-order valence-corrected chi connectivity index (χ2v) is 10.5. The van der Waals surface area contributed by atoms with Gasteiger partial charge in [0, 0.05) is 18.0 Å². The van der Waals surface area contributed by atoms with E-state index in [1.54, 1.807) is 6.07 Å². The molecule has 3 fully saturated rings. The van der Waals surface area contributed by atoms with Crippen molar-refractivity contribution in [2.45, 2.75) is 36.0 Å². The lowest BCUT2D eigenvalue weighted by atomic mass is 9.39. The van der Waals surface area contributed by atoms with Crippen molar-refractivity contribution in [2.75, 3.05) is 6.26 Å². The van der Waals surface area contributed by atoms with E-state index in [2.05, 4.69) is 15.3 Å². The van der Waals surface area contributed by atoms with Gasteiger partial charge in [0.05, 0.1) is 10.4 Å². The molecular weight excluding hydrogens is 406 g/mol. The molecule has 28 heavy (non-hydrogen) atoms. The molecular formula is C18H16ClN3O5S. The maximum atomic E-state index is 12.5. The molecule has 0 aliphatic heterocycles. The van der Waals surface area contributed by atoms with Crippen molar-refractivity contribution in [3.63, 3.8) is 0 Å². The first-order valence-electron chi connectivity index (χ1n) is 8.67. The number of carbonyl (C=O) groups excluding carboxylic acids is 1. The number of halogens is 1. The molecule has 146 valence electrons. The fraction of sp³-hybridized carbons (Fsp3) is 0.389. The van der Waals surface area contributed by atoms with Crippen LogP contribution in [0.5, 0.6) is 0 Å². The van der Waals surface area contributed by atoms with Crippen LogP contribution in [0.4, 0.5) is 0 Å². The molecule has 2 bridgehead atoms. The monoisotopic (exact) mass is 421 g/mol. The number of nitrogens with one attached hydrogen (secondary N) is 1. The quantitative estimate of drug-likeness (QED) is 0.673. The summed E-state index contributed by atoms with van der Waals surface area (Å²) >= 11 is 5.94. The molecule has 0 atom stereocenters. The number of pyridine rings is 1. The third kappa shape index (κ3) is 2.80. The highest BCUT2D eigenvalue weighted by Crippen LogP contribution is 2.67. The number of hydrogen-bond acceptors (Lipinski definition) is 7. The number of hydrogen-bond donors (Lipinski definition) is 1. The van der Waals surface area contributed by atoms with E-state index in [-0.39, 0.29) is 34.1 Å². The van der Waals surface area contributed by atoms with Crippen LogP contribution in [-0.2, 0) is 21.0 Å². The number of carbonyl (C=O) groups is 1. The predicted molar refractivity (Wildman–Crippen MR) is 99.8 cm³/mol. The lowest BCUT2D eigenvalue weighted by molar-refractivity contribution is -0.0959. The molecule has 3 aromatic rings. The van der Waals surface area contributed by atoms with Gasteiger partial charge in [0.15, 0.2) is 15.6 Å². The van der Waals surface area contributed by atoms with Crippen LogP contribution in [0.3, 0.4) is 0 Å². The number of fused-ring (bicyclic) bond motifs is 1. The molecule has 6 rings (SSSR count). The first-order valence-corrected chi connectivity index (χ1v) is 11.1. The fourth-order valence-electron chi connectivity index (χ4n) is 4.31. The standard InChI is InChI=1S/C18H16ClN3O5S/c1-28(24,25)6-11-2-3-13(26-11)14(23)22-18-7-17(8-18,9-18)16-21-12-4-10(19)5-20-15(12)27-16/h2-5H,6-9H2,1H3,(H,22,23). The Morgan fingerprint density at radius 2 is 2.04 bits per heavy atom. The van der Waals surface area contributed by atoms with Gasteiger partial charge >= 0.3 is 0 Å². The molecule has 3 aliphatic carbocycles. The van der Waals surface area contributed by atoms with Crippen LogP contribution in [0.25, 0.3) is 11.2 Å². The van der Waals surface area contributed by atoms with Crippen LogP contribution >= 0.6 is 11.6 Å². The largest absolute Gasteiger partial charge is 0.455 e. The maximum absolute atomic E-state index is 12.5. The van der Waals surface area contributed by atoms with Crippen LogP contribution in [0, 0.1) is 0 Å². The molecule has 0 radical (unpaired) electrons. The van der Waals surface area contributed by atoms with Crippen molar-refractivity contribution in [3.8, 4) is 0 Å². The predicted octanol–water partition coefficient (Wildman–Crippen LogP) is 2.62. The van der Waals surface area contributed by atoms with Crippen LogP contribution in [0.15, 0.2) is 33.2 Å². The molecule has 10 heteroatoms. The summed E-state index contributed by atoms with van der Waals surface area (Å²) in [6.45, 7) is 0. The Hall–Kier alpha value is -2.39. The third-order valence-electron chi connectivity index (χ3n) is 5.37. The first kappa shape index (κ1) is 17.7. The number of oxazole rings is 1. The van der Waals surface area contributed by atoms with Crippen LogP contribution < -0.4 is 5.32 Å². The Bertz CT molecular complexity index is 1210. The summed E-state index contributed by atoms with van der Waals surface area (Å²) < 4.78 is 33.8. The zero-order chi connectivity index (χ0) is 19.7. The Labute approximate surface area is 165 Å². The summed E-state index contributed by atoms with van der Waals surface area (Å²) in [5, 5.41) is 3.50. The number of amides is 1. The Kier molecular flexibility index (Phi) is 3.52. The van der Waals surface area contributed by atoms with E-state index in [9.17, 15) is 13.2 Å². The van der Waals surface area contributed by atoms with Gasteiger partial charge in [0.1, 0.15) is 17.0 Å². The molecule has 3 saturated carbocycles. The van der Waals surface area contributed by atoms with E-state index < -0.39 is 9.84 Å². The lowest BCUT2D eigenvalue weighted by Crippen LogP contribution is -2.76. The highest BCUT2D eigenvalue weighted by Gasteiger charge is 2.71. The molecule has 0 unspecified atom stereocenters. The smallest absolute Gasteiger partial charge is 0.287 e. The van der Waals surface area contributed by atoms with Gasteiger partial charge in [0.25, 0.3) is 5.91 Å². The molecule has 0 spiro atoms. The minimum atomic E-state index is -3.22. The second-order valence-electron chi connectivity index (χ2n) is 7.88. The summed E-state index contributed by atoms with van der Waals surface area (Å²) in [4.78, 5) is 21.1. The van der Waals surface area contributed by atoms with Crippen LogP contribution in [0.2, 0.25) is 5.02 Å². The Morgan fingerprint density at radius 3 is 2.75 bits per heavy atom. The van der Waals surface area contributed by atoms with Crippen molar-refractivity contribution in [2.24, 2.45) is 0 Å². The topological polar surface area (TPSA) is 115 Å². The molecule has 1 amide bonds. The van der Waals surface area contributed by atoms with Gasteiger partial charge in [-0.15, -0.1) is 0 Å². The van der Waals surface area contributed by atoms with Crippen molar-refractivity contribution >= 4 is 38.6 Å². The SMILES string of the molecule is CS(=O)(=O)Cc1ccc(C(=O)NC23CC(c4nc5cc(Cl)cnc5o4)(C2)C3)o1.